The van der Waals surface area contributed by atoms with Crippen LogP contribution in [0.5, 0.6) is 0 Å². The van der Waals surface area contributed by atoms with Gasteiger partial charge in [-0.05, 0) is 53.6 Å². The van der Waals surface area contributed by atoms with Crippen molar-refractivity contribution in [3.05, 3.63) is 58.9 Å². The number of halogens is 4. The van der Waals surface area contributed by atoms with Crippen LogP contribution in [0.1, 0.15) is 42.9 Å². The number of nitrogens with zero attached hydrogens (tertiary/aromatic N) is 1. The largest absolute Gasteiger partial charge is 0.417 e. The lowest BCUT2D eigenvalue weighted by atomic mass is 9.63. The Bertz CT molecular complexity index is 952. The van der Waals surface area contributed by atoms with Gasteiger partial charge in [-0.15, -0.1) is 0 Å². The zero-order chi connectivity index (χ0) is 20.3. The van der Waals surface area contributed by atoms with E-state index in [-0.39, 0.29) is 22.9 Å². The van der Waals surface area contributed by atoms with Crippen LogP contribution >= 0.6 is 0 Å². The van der Waals surface area contributed by atoms with Crippen molar-refractivity contribution < 1.29 is 22.4 Å². The zero-order valence-electron chi connectivity index (χ0n) is 15.7. The number of alkyl halides is 3. The fourth-order valence-electron chi connectivity index (χ4n) is 4.96. The first-order valence-electron chi connectivity index (χ1n) is 9.37. The van der Waals surface area contributed by atoms with Crippen LogP contribution in [0.25, 0.3) is 11.1 Å². The number of carbonyl (C=O) groups excluding carboxylic acids is 1. The van der Waals surface area contributed by atoms with Crippen LogP contribution in [-0.2, 0) is 22.8 Å². The molecule has 1 saturated heterocycles. The molecule has 1 amide bonds. The maximum Gasteiger partial charge on any atom is 0.417 e. The molecular weight excluding hydrogens is 370 g/mol. The number of hydrogen-bond donors (Lipinski definition) is 0. The molecule has 148 valence electrons. The number of likely N-dealkylation sites (tertiary alicyclic amines) is 1. The van der Waals surface area contributed by atoms with Gasteiger partial charge in [0.2, 0.25) is 5.91 Å². The standard InChI is InChI=1S/C22H21F4NO/c1-21-10-9-20(28)27(2)19(21)8-4-14-11-13(3-7-17(14)21)16-6-5-15(23)12-18(16)22(24,25)26/h3,5-7,11-12,19H,4,8-10H2,1-2H3/t19?,21-/m1/s1. The van der Waals surface area contributed by atoms with Crippen LogP contribution < -0.4 is 0 Å². The molecule has 4 rings (SSSR count). The van der Waals surface area contributed by atoms with E-state index in [9.17, 15) is 22.4 Å². The van der Waals surface area contributed by atoms with Gasteiger partial charge in [0, 0.05) is 24.9 Å². The summed E-state index contributed by atoms with van der Waals surface area (Å²) in [7, 11) is 1.83. The highest BCUT2D eigenvalue weighted by atomic mass is 19.4. The Balaban J connectivity index is 1.80. The molecule has 2 aromatic carbocycles. The molecule has 1 aliphatic heterocycles. The Morgan fingerprint density at radius 1 is 1.11 bits per heavy atom. The summed E-state index contributed by atoms with van der Waals surface area (Å²) < 4.78 is 53.7. The van der Waals surface area contributed by atoms with Crippen LogP contribution in [0.4, 0.5) is 17.6 Å². The van der Waals surface area contributed by atoms with Crippen molar-refractivity contribution in [2.75, 3.05) is 7.05 Å². The molecule has 0 aromatic heterocycles. The third-order valence-electron chi connectivity index (χ3n) is 6.46. The predicted octanol–water partition coefficient (Wildman–Crippen LogP) is 5.34. The number of hydrogen-bond acceptors (Lipinski definition) is 1. The molecule has 1 unspecified atom stereocenters. The summed E-state index contributed by atoms with van der Waals surface area (Å²) in [5.74, 6) is -0.761. The minimum absolute atomic E-state index is 0.0140. The first-order chi connectivity index (χ1) is 13.1. The van der Waals surface area contributed by atoms with E-state index in [0.717, 1.165) is 30.0 Å². The van der Waals surface area contributed by atoms with Crippen molar-refractivity contribution in [3.63, 3.8) is 0 Å². The quantitative estimate of drug-likeness (QED) is 0.601. The van der Waals surface area contributed by atoms with E-state index in [0.29, 0.717) is 24.5 Å². The molecule has 2 aromatic rings. The maximum atomic E-state index is 13.4. The Kier molecular flexibility index (Phi) is 4.28. The van der Waals surface area contributed by atoms with E-state index in [1.165, 1.54) is 6.07 Å². The minimum Gasteiger partial charge on any atom is -0.342 e. The summed E-state index contributed by atoms with van der Waals surface area (Å²) >= 11 is 0. The third-order valence-corrected chi connectivity index (χ3v) is 6.46. The lowest BCUT2D eigenvalue weighted by Crippen LogP contribution is -2.56. The average molecular weight is 391 g/mol. The lowest BCUT2D eigenvalue weighted by molar-refractivity contribution is -0.138. The summed E-state index contributed by atoms with van der Waals surface area (Å²) in [5, 5.41) is 0. The first kappa shape index (κ1) is 19.0. The van der Waals surface area contributed by atoms with E-state index in [2.05, 4.69) is 6.92 Å². The Morgan fingerprint density at radius 3 is 2.57 bits per heavy atom. The highest BCUT2D eigenvalue weighted by molar-refractivity contribution is 5.78. The van der Waals surface area contributed by atoms with Gasteiger partial charge in [-0.1, -0.05) is 31.2 Å². The summed E-state index contributed by atoms with van der Waals surface area (Å²) in [6, 6.07) is 8.28. The third kappa shape index (κ3) is 2.90. The van der Waals surface area contributed by atoms with Crippen LogP contribution in [-0.4, -0.2) is 23.9 Å². The van der Waals surface area contributed by atoms with Crippen molar-refractivity contribution in [3.8, 4) is 11.1 Å². The highest BCUT2D eigenvalue weighted by Gasteiger charge is 2.46. The second-order valence-corrected chi connectivity index (χ2v) is 8.04. The molecule has 6 heteroatoms. The van der Waals surface area contributed by atoms with Crippen molar-refractivity contribution >= 4 is 5.91 Å². The number of carbonyl (C=O) groups is 1. The van der Waals surface area contributed by atoms with Gasteiger partial charge in [-0.2, -0.15) is 13.2 Å². The summed E-state index contributed by atoms with van der Waals surface area (Å²) in [6.07, 6.45) is -1.94. The topological polar surface area (TPSA) is 20.3 Å². The number of likely N-dealkylation sites (N-methyl/N-ethyl adjacent to an activating group) is 1. The SMILES string of the molecule is CN1C(=O)CC[C@]2(C)c3ccc(-c4ccc(F)cc4C(F)(F)F)cc3CCC12. The molecule has 0 radical (unpaired) electrons. The number of piperidine rings is 1. The summed E-state index contributed by atoms with van der Waals surface area (Å²) in [4.78, 5) is 13.9. The summed E-state index contributed by atoms with van der Waals surface area (Å²) in [6.45, 7) is 2.14. The number of benzene rings is 2. The van der Waals surface area contributed by atoms with Gasteiger partial charge in [-0.25, -0.2) is 4.39 Å². The Morgan fingerprint density at radius 2 is 1.86 bits per heavy atom. The van der Waals surface area contributed by atoms with E-state index >= 15 is 0 Å². The van der Waals surface area contributed by atoms with E-state index in [4.69, 9.17) is 0 Å². The average Bonchev–Trinajstić information content (AvgIpc) is 2.64. The molecule has 0 N–H and O–H groups in total. The fraction of sp³-hybridized carbons (Fsp3) is 0.409. The second kappa shape index (κ2) is 6.33. The zero-order valence-corrected chi connectivity index (χ0v) is 15.7. The Labute approximate surface area is 161 Å². The van der Waals surface area contributed by atoms with Crippen molar-refractivity contribution in [2.24, 2.45) is 0 Å². The van der Waals surface area contributed by atoms with Gasteiger partial charge in [0.15, 0.2) is 0 Å². The molecular formula is C22H21F4NO. The molecule has 2 nitrogen and oxygen atoms in total. The molecule has 1 aliphatic carbocycles. The normalized spacial score (nSPS) is 24.7. The van der Waals surface area contributed by atoms with Gasteiger partial charge in [0.1, 0.15) is 5.82 Å². The fourth-order valence-corrected chi connectivity index (χ4v) is 4.96. The smallest absolute Gasteiger partial charge is 0.342 e. The maximum absolute atomic E-state index is 13.4. The minimum atomic E-state index is -4.63. The summed E-state index contributed by atoms with van der Waals surface area (Å²) in [5.41, 5.74) is 1.37. The van der Waals surface area contributed by atoms with Crippen LogP contribution in [0.15, 0.2) is 36.4 Å². The number of aryl methyl sites for hydroxylation is 1. The van der Waals surface area contributed by atoms with Gasteiger partial charge in [-0.3, -0.25) is 4.79 Å². The molecule has 0 bridgehead atoms. The number of rotatable bonds is 1. The molecule has 0 spiro atoms. The van der Waals surface area contributed by atoms with Crippen LogP contribution in [0.3, 0.4) is 0 Å². The van der Waals surface area contributed by atoms with Crippen LogP contribution in [0.2, 0.25) is 0 Å². The second-order valence-electron chi connectivity index (χ2n) is 8.04. The molecule has 2 atom stereocenters. The van der Waals surface area contributed by atoms with Gasteiger partial charge in [0.25, 0.3) is 0 Å². The van der Waals surface area contributed by atoms with E-state index in [1.54, 1.807) is 12.1 Å². The van der Waals surface area contributed by atoms with E-state index < -0.39 is 17.6 Å². The van der Waals surface area contributed by atoms with Crippen molar-refractivity contribution in [2.45, 2.75) is 50.2 Å². The molecule has 0 saturated carbocycles. The number of amides is 1. The highest BCUT2D eigenvalue weighted by Crippen LogP contribution is 2.47. The van der Waals surface area contributed by atoms with Gasteiger partial charge < -0.3 is 4.90 Å². The van der Waals surface area contributed by atoms with Crippen molar-refractivity contribution in [1.82, 2.24) is 4.90 Å². The molecule has 2 aliphatic rings. The molecule has 1 heterocycles. The lowest BCUT2D eigenvalue weighted by Gasteiger charge is -2.50. The predicted molar refractivity (Wildman–Crippen MR) is 98.3 cm³/mol. The van der Waals surface area contributed by atoms with Crippen molar-refractivity contribution in [1.29, 1.82) is 0 Å². The number of fused-ring (bicyclic) bond motifs is 3. The van der Waals surface area contributed by atoms with Gasteiger partial charge in [0.05, 0.1) is 5.56 Å². The molecule has 1 fully saturated rings. The molecule has 28 heavy (non-hydrogen) atoms. The van der Waals surface area contributed by atoms with E-state index in [1.807, 2.05) is 18.0 Å². The van der Waals surface area contributed by atoms with Gasteiger partial charge >= 0.3 is 6.18 Å². The first-order valence-corrected chi connectivity index (χ1v) is 9.37. The van der Waals surface area contributed by atoms with Crippen LogP contribution in [0, 0.1) is 5.82 Å². The monoisotopic (exact) mass is 391 g/mol. The Hall–Kier alpha value is -2.37.